The van der Waals surface area contributed by atoms with Crippen LogP contribution in [0.4, 0.5) is 4.79 Å². The number of methoxy groups -OCH3 is 1. The highest BCUT2D eigenvalue weighted by molar-refractivity contribution is 5.89. The van der Waals surface area contributed by atoms with Crippen molar-refractivity contribution in [3.63, 3.8) is 0 Å². The monoisotopic (exact) mass is 466 g/mol. The van der Waals surface area contributed by atoms with E-state index in [2.05, 4.69) is 21.1 Å². The van der Waals surface area contributed by atoms with Crippen LogP contribution in [0.2, 0.25) is 0 Å². The number of hydrogen-bond acceptors (Lipinski definition) is 7. The van der Waals surface area contributed by atoms with E-state index in [1.807, 2.05) is 18.2 Å². The zero-order chi connectivity index (χ0) is 24.8. The molecule has 0 aliphatic carbocycles. The maximum absolute atomic E-state index is 12.8. The third-order valence-corrected chi connectivity index (χ3v) is 4.40. The van der Waals surface area contributed by atoms with Crippen molar-refractivity contribution < 1.29 is 28.9 Å². The molecule has 0 radical (unpaired) electrons. The predicted molar refractivity (Wildman–Crippen MR) is 118 cm³/mol. The molecule has 0 spiro atoms. The molecule has 0 aromatic heterocycles. The van der Waals surface area contributed by atoms with Gasteiger partial charge in [-0.05, 0) is 24.3 Å². The molecule has 1 rings (SSSR count). The molecule has 0 aliphatic rings. The van der Waals surface area contributed by atoms with Crippen LogP contribution in [0.15, 0.2) is 35.4 Å². The Hall–Kier alpha value is -3.90. The molecule has 1 aromatic rings. The molecule has 0 fully saturated rings. The summed E-state index contributed by atoms with van der Waals surface area (Å²) in [5.74, 6) is -1.94. The van der Waals surface area contributed by atoms with Gasteiger partial charge in [-0.2, -0.15) is 0 Å². The van der Waals surface area contributed by atoms with Crippen LogP contribution in [0.1, 0.15) is 32.3 Å². The van der Waals surface area contributed by atoms with Crippen LogP contribution in [0.3, 0.4) is 0 Å². The molecule has 0 saturated heterocycles. The van der Waals surface area contributed by atoms with Crippen LogP contribution in [-0.4, -0.2) is 54.7 Å². The Morgan fingerprint density at radius 3 is 2.42 bits per heavy atom. The molecule has 0 aliphatic heterocycles. The fourth-order valence-corrected chi connectivity index (χ4v) is 2.73. The van der Waals surface area contributed by atoms with Gasteiger partial charge in [-0.15, -0.1) is 0 Å². The fraction of sp³-hybridized carbons (Fsp3) is 0.500. The SMILES string of the molecule is COC(=O)[C@H](CCCN/C(N)=N\[N+](=O)[O-])NC(=O)[C@@H](NC(=O)OCc1ccccc1)C(C)C. The van der Waals surface area contributed by atoms with Crippen LogP contribution >= 0.6 is 0 Å². The van der Waals surface area contributed by atoms with Crippen molar-refractivity contribution in [2.24, 2.45) is 16.8 Å². The van der Waals surface area contributed by atoms with Gasteiger partial charge in [0.1, 0.15) is 23.8 Å². The minimum absolute atomic E-state index is 0.0414. The van der Waals surface area contributed by atoms with Gasteiger partial charge in [0.25, 0.3) is 5.96 Å². The summed E-state index contributed by atoms with van der Waals surface area (Å²) in [6.07, 6.45) is -0.306. The van der Waals surface area contributed by atoms with Crippen molar-refractivity contribution in [3.05, 3.63) is 46.0 Å². The summed E-state index contributed by atoms with van der Waals surface area (Å²) in [4.78, 5) is 47.3. The molecule has 2 amide bonds. The molecular weight excluding hydrogens is 436 g/mol. The Bertz CT molecular complexity index is 831. The van der Waals surface area contributed by atoms with Crippen molar-refractivity contribution in [2.45, 2.75) is 45.4 Å². The highest BCUT2D eigenvalue weighted by Gasteiger charge is 2.29. The smallest absolute Gasteiger partial charge is 0.408 e. The van der Waals surface area contributed by atoms with E-state index in [1.165, 1.54) is 7.11 Å². The van der Waals surface area contributed by atoms with Crippen molar-refractivity contribution in [1.29, 1.82) is 0 Å². The summed E-state index contributed by atoms with van der Waals surface area (Å²) in [7, 11) is 1.18. The number of hydrazone groups is 1. The first kappa shape index (κ1) is 27.1. The van der Waals surface area contributed by atoms with Crippen LogP contribution < -0.4 is 21.7 Å². The second-order valence-electron chi connectivity index (χ2n) is 7.30. The number of alkyl carbamates (subject to hydrolysis) is 1. The van der Waals surface area contributed by atoms with Crippen LogP contribution in [0, 0.1) is 16.0 Å². The first-order chi connectivity index (χ1) is 15.6. The third kappa shape index (κ3) is 10.8. The molecule has 1 aromatic carbocycles. The Balaban J connectivity index is 2.64. The van der Waals surface area contributed by atoms with E-state index in [9.17, 15) is 24.5 Å². The van der Waals surface area contributed by atoms with Crippen molar-refractivity contribution in [3.8, 4) is 0 Å². The van der Waals surface area contributed by atoms with Gasteiger partial charge < -0.3 is 31.2 Å². The average Bonchev–Trinajstić information content (AvgIpc) is 2.77. The lowest BCUT2D eigenvalue weighted by molar-refractivity contribution is -0.485. The lowest BCUT2D eigenvalue weighted by Gasteiger charge is -2.24. The topological polar surface area (TPSA) is 187 Å². The summed E-state index contributed by atoms with van der Waals surface area (Å²) < 4.78 is 9.89. The van der Waals surface area contributed by atoms with Crippen molar-refractivity contribution >= 4 is 23.9 Å². The largest absolute Gasteiger partial charge is 0.467 e. The second-order valence-corrected chi connectivity index (χ2v) is 7.30. The molecular formula is C20H30N6O7. The molecule has 13 nitrogen and oxygen atoms in total. The van der Waals surface area contributed by atoms with Crippen LogP contribution in [0.25, 0.3) is 0 Å². The van der Waals surface area contributed by atoms with Gasteiger partial charge >= 0.3 is 12.1 Å². The van der Waals surface area contributed by atoms with Crippen molar-refractivity contribution in [2.75, 3.05) is 13.7 Å². The number of ether oxygens (including phenoxy) is 2. The van der Waals surface area contributed by atoms with Gasteiger partial charge in [0, 0.05) is 6.54 Å². The number of carbonyl (C=O) groups is 3. The molecule has 2 atom stereocenters. The summed E-state index contributed by atoms with van der Waals surface area (Å²) >= 11 is 0. The Morgan fingerprint density at radius 2 is 1.85 bits per heavy atom. The second kappa shape index (κ2) is 14.2. The number of esters is 1. The molecule has 0 bridgehead atoms. The minimum atomic E-state index is -0.999. The standard InChI is InChI=1S/C20H30N6O7/c1-13(2)16(24-20(29)33-12-14-8-5-4-6-9-14)17(27)23-15(18(28)32-3)10-7-11-22-19(21)25-26(30)31/h4-6,8-9,13,15-16H,7,10-12H2,1-3H3,(H,23,27)(H,24,29)(H3,21,22,25)/t15-,16-/m0/s1. The zero-order valence-corrected chi connectivity index (χ0v) is 18.8. The number of nitrogens with one attached hydrogen (secondary N) is 3. The van der Waals surface area contributed by atoms with E-state index < -0.39 is 35.1 Å². The first-order valence-corrected chi connectivity index (χ1v) is 10.2. The van der Waals surface area contributed by atoms with Gasteiger partial charge in [0.15, 0.2) is 5.03 Å². The molecule has 0 heterocycles. The number of benzene rings is 1. The van der Waals surface area contributed by atoms with E-state index in [0.29, 0.717) is 6.42 Å². The maximum atomic E-state index is 12.8. The lowest BCUT2D eigenvalue weighted by Crippen LogP contribution is -2.54. The summed E-state index contributed by atoms with van der Waals surface area (Å²) in [5, 5.41) is 19.8. The van der Waals surface area contributed by atoms with Crippen LogP contribution in [0.5, 0.6) is 0 Å². The van der Waals surface area contributed by atoms with Gasteiger partial charge in [0.05, 0.1) is 7.11 Å². The molecule has 182 valence electrons. The molecule has 33 heavy (non-hydrogen) atoms. The van der Waals surface area contributed by atoms with E-state index in [4.69, 9.17) is 15.2 Å². The number of rotatable bonds is 12. The average molecular weight is 466 g/mol. The minimum Gasteiger partial charge on any atom is -0.467 e. The Kier molecular flexibility index (Phi) is 11.7. The number of guanidine groups is 1. The normalized spacial score (nSPS) is 12.9. The maximum Gasteiger partial charge on any atom is 0.408 e. The van der Waals surface area contributed by atoms with E-state index >= 15 is 0 Å². The molecule has 0 saturated carbocycles. The highest BCUT2D eigenvalue weighted by atomic mass is 16.7. The lowest BCUT2D eigenvalue weighted by atomic mass is 10.0. The third-order valence-electron chi connectivity index (χ3n) is 4.40. The van der Waals surface area contributed by atoms with Crippen LogP contribution in [-0.2, 0) is 25.7 Å². The molecule has 13 heteroatoms. The number of nitro groups is 1. The Labute approximate surface area is 191 Å². The molecule has 5 N–H and O–H groups in total. The highest BCUT2D eigenvalue weighted by Crippen LogP contribution is 2.07. The number of amides is 2. The number of nitrogens with zero attached hydrogens (tertiary/aromatic N) is 2. The number of nitrogens with two attached hydrogens (primary N) is 1. The Morgan fingerprint density at radius 1 is 1.18 bits per heavy atom. The van der Waals surface area contributed by atoms with E-state index in [0.717, 1.165) is 5.56 Å². The van der Waals surface area contributed by atoms with E-state index in [1.54, 1.807) is 26.0 Å². The molecule has 0 unspecified atom stereocenters. The van der Waals surface area contributed by atoms with Gasteiger partial charge in [0.2, 0.25) is 5.91 Å². The number of hydrogen-bond donors (Lipinski definition) is 4. The van der Waals surface area contributed by atoms with Crippen molar-refractivity contribution in [1.82, 2.24) is 16.0 Å². The summed E-state index contributed by atoms with van der Waals surface area (Å²) in [6.45, 7) is 3.68. The summed E-state index contributed by atoms with van der Waals surface area (Å²) in [5.41, 5.74) is 6.12. The van der Waals surface area contributed by atoms with Gasteiger partial charge in [-0.1, -0.05) is 44.2 Å². The van der Waals surface area contributed by atoms with E-state index in [-0.39, 0.29) is 31.4 Å². The zero-order valence-electron chi connectivity index (χ0n) is 18.8. The first-order valence-electron chi connectivity index (χ1n) is 10.2. The van der Waals surface area contributed by atoms with Gasteiger partial charge in [-0.25, -0.2) is 19.7 Å². The quantitative estimate of drug-likeness (QED) is 0.0848. The number of carbonyl (C=O) groups excluding carboxylic acids is 3. The summed E-state index contributed by atoms with van der Waals surface area (Å²) in [6, 6.07) is 7.10. The van der Waals surface area contributed by atoms with Gasteiger partial charge in [-0.3, -0.25) is 4.79 Å². The fourth-order valence-electron chi connectivity index (χ4n) is 2.73. The predicted octanol–water partition coefficient (Wildman–Crippen LogP) is 0.471.